The van der Waals surface area contributed by atoms with Crippen molar-refractivity contribution in [2.45, 2.75) is 32.3 Å². The van der Waals surface area contributed by atoms with Gasteiger partial charge in [0, 0.05) is 17.7 Å². The number of aliphatic hydroxyl groups excluding tert-OH is 1. The van der Waals surface area contributed by atoms with E-state index in [2.05, 4.69) is 41.3 Å². The number of benzene rings is 1. The summed E-state index contributed by atoms with van der Waals surface area (Å²) in [5.74, 6) is 1.29. The molecule has 1 unspecified atom stereocenters. The fraction of sp³-hybridized carbons (Fsp3) is 0.500. The molecule has 0 amide bonds. The minimum atomic E-state index is -0.209. The number of aliphatic hydroxyl groups is 1. The molecule has 1 N–H and O–H groups in total. The van der Waals surface area contributed by atoms with Crippen LogP contribution in [0.2, 0.25) is 0 Å². The zero-order valence-corrected chi connectivity index (χ0v) is 14.1. The van der Waals surface area contributed by atoms with Crippen LogP contribution in [-0.4, -0.2) is 31.4 Å². The topological polar surface area (TPSA) is 50.9 Å². The van der Waals surface area contributed by atoms with E-state index in [1.54, 1.807) is 0 Å². The molecule has 1 aromatic carbocycles. The molecule has 0 spiro atoms. The highest BCUT2D eigenvalue weighted by Gasteiger charge is 2.33. The quantitative estimate of drug-likeness (QED) is 0.870. The molecule has 1 aromatic heterocycles. The molecule has 0 radical (unpaired) electrons. The van der Waals surface area contributed by atoms with Crippen LogP contribution in [0.5, 0.6) is 0 Å². The van der Waals surface area contributed by atoms with Crippen molar-refractivity contribution < 1.29 is 5.11 Å². The first-order valence-corrected chi connectivity index (χ1v) is 8.27. The highest BCUT2D eigenvalue weighted by atomic mass is 35.5. The van der Waals surface area contributed by atoms with Gasteiger partial charge >= 0.3 is 0 Å². The second-order valence-corrected chi connectivity index (χ2v) is 6.37. The Balaban J connectivity index is 0.000000246. The number of aromatic nitrogens is 3. The Morgan fingerprint density at radius 3 is 2.36 bits per heavy atom. The number of alkyl halides is 1. The first-order chi connectivity index (χ1) is 10.6. The zero-order valence-electron chi connectivity index (χ0n) is 12.6. The van der Waals surface area contributed by atoms with Crippen molar-refractivity contribution in [3.63, 3.8) is 0 Å². The summed E-state index contributed by atoms with van der Waals surface area (Å²) >= 11 is 11.0. The van der Waals surface area contributed by atoms with E-state index in [-0.39, 0.29) is 6.10 Å². The summed E-state index contributed by atoms with van der Waals surface area (Å²) in [5.41, 5.74) is 2.61. The predicted molar refractivity (Wildman–Crippen MR) is 89.1 cm³/mol. The van der Waals surface area contributed by atoms with Crippen LogP contribution in [-0.2, 0) is 6.42 Å². The highest BCUT2D eigenvalue weighted by molar-refractivity contribution is 6.18. The molecule has 1 fully saturated rings. The summed E-state index contributed by atoms with van der Waals surface area (Å²) in [7, 11) is 0. The van der Waals surface area contributed by atoms with E-state index in [4.69, 9.17) is 23.4 Å². The number of aryl methyl sites for hydroxylation is 1. The van der Waals surface area contributed by atoms with Crippen LogP contribution in [0.4, 0.5) is 0 Å². The second-order valence-electron chi connectivity index (χ2n) is 5.72. The van der Waals surface area contributed by atoms with E-state index in [1.807, 2.05) is 0 Å². The van der Waals surface area contributed by atoms with Gasteiger partial charge in [0.25, 0.3) is 0 Å². The third kappa shape index (κ3) is 4.97. The molecule has 120 valence electrons. The molecular formula is C16H21Cl2N3O. The maximum Gasteiger partial charge on any atom is 0.139 e. The summed E-state index contributed by atoms with van der Waals surface area (Å²) in [6.45, 7) is 2.09. The molecule has 1 aliphatic carbocycles. The van der Waals surface area contributed by atoms with Gasteiger partial charge in [-0.1, -0.05) is 29.8 Å². The Morgan fingerprint density at radius 2 is 1.91 bits per heavy atom. The molecule has 1 heterocycles. The van der Waals surface area contributed by atoms with Gasteiger partial charge in [0.05, 0.1) is 6.10 Å². The van der Waals surface area contributed by atoms with E-state index in [0.717, 1.165) is 23.5 Å². The number of nitrogens with zero attached hydrogens (tertiary/aromatic N) is 3. The first-order valence-electron chi connectivity index (χ1n) is 7.40. The Bertz CT molecular complexity index is 545. The number of halogens is 2. The van der Waals surface area contributed by atoms with Gasteiger partial charge in [-0.05, 0) is 43.6 Å². The van der Waals surface area contributed by atoms with Gasteiger partial charge in [0.15, 0.2) is 0 Å². The van der Waals surface area contributed by atoms with E-state index in [9.17, 15) is 5.11 Å². The number of rotatable bonds is 3. The van der Waals surface area contributed by atoms with Crippen LogP contribution in [0.1, 0.15) is 24.0 Å². The predicted octanol–water partition coefficient (Wildman–Crippen LogP) is 3.44. The largest absolute Gasteiger partial charge is 0.392 e. The minimum Gasteiger partial charge on any atom is -0.392 e. The van der Waals surface area contributed by atoms with Crippen LogP contribution in [0, 0.1) is 18.8 Å². The molecule has 22 heavy (non-hydrogen) atoms. The summed E-state index contributed by atoms with van der Waals surface area (Å²) in [6.07, 6.45) is 5.72. The fourth-order valence-corrected chi connectivity index (χ4v) is 3.19. The monoisotopic (exact) mass is 341 g/mol. The Morgan fingerprint density at radius 1 is 1.23 bits per heavy atom. The lowest BCUT2D eigenvalue weighted by Gasteiger charge is -2.18. The summed E-state index contributed by atoms with van der Waals surface area (Å²) < 4.78 is 1.11. The van der Waals surface area contributed by atoms with Crippen molar-refractivity contribution in [2.75, 3.05) is 5.88 Å². The average molecular weight is 342 g/mol. The van der Waals surface area contributed by atoms with Gasteiger partial charge < -0.3 is 5.11 Å². The van der Waals surface area contributed by atoms with Crippen LogP contribution in [0.3, 0.4) is 0 Å². The van der Waals surface area contributed by atoms with Crippen molar-refractivity contribution in [2.24, 2.45) is 11.8 Å². The van der Waals surface area contributed by atoms with Crippen LogP contribution in [0.15, 0.2) is 36.9 Å². The van der Waals surface area contributed by atoms with Crippen molar-refractivity contribution in [1.29, 1.82) is 0 Å². The van der Waals surface area contributed by atoms with Crippen molar-refractivity contribution in [3.8, 4) is 0 Å². The normalized spacial score (nSPS) is 23.9. The Labute approximate surface area is 141 Å². The molecular weight excluding hydrogens is 321 g/mol. The van der Waals surface area contributed by atoms with Gasteiger partial charge in [-0.25, -0.2) is 4.98 Å². The standard InChI is InChI=1S/C14H19ClO.C2H2ClN3/c1-10-2-4-11(5-3-10)8-12-6-7-13(9-15)14(12)16;3-6-2-4-1-5-6/h2-5,12-14,16H,6-9H2,1H3;1-2H/t12?,13-,14-;/m1./s1. The van der Waals surface area contributed by atoms with E-state index >= 15 is 0 Å². The van der Waals surface area contributed by atoms with Gasteiger partial charge in [0.2, 0.25) is 0 Å². The molecule has 1 aliphatic rings. The molecule has 0 bridgehead atoms. The lowest BCUT2D eigenvalue weighted by atomic mass is 9.94. The first kappa shape index (κ1) is 17.3. The average Bonchev–Trinajstić information content (AvgIpc) is 3.12. The molecule has 6 heteroatoms. The van der Waals surface area contributed by atoms with Crippen molar-refractivity contribution in [1.82, 2.24) is 14.3 Å². The Kier molecular flexibility index (Phi) is 6.68. The number of hydrogen-bond acceptors (Lipinski definition) is 3. The molecule has 4 nitrogen and oxygen atoms in total. The van der Waals surface area contributed by atoms with Crippen LogP contribution in [0.25, 0.3) is 0 Å². The number of hydrogen-bond donors (Lipinski definition) is 1. The zero-order chi connectivity index (χ0) is 15.9. The van der Waals surface area contributed by atoms with Gasteiger partial charge in [0.1, 0.15) is 12.7 Å². The maximum absolute atomic E-state index is 10.1. The van der Waals surface area contributed by atoms with Gasteiger partial charge in [-0.2, -0.15) is 4.20 Å². The lowest BCUT2D eigenvalue weighted by Crippen LogP contribution is -2.23. The van der Waals surface area contributed by atoms with Crippen LogP contribution >= 0.6 is 23.4 Å². The fourth-order valence-electron chi connectivity index (χ4n) is 2.77. The van der Waals surface area contributed by atoms with Crippen molar-refractivity contribution in [3.05, 3.63) is 48.0 Å². The molecule has 3 atom stereocenters. The summed E-state index contributed by atoms with van der Waals surface area (Å²) in [4.78, 5) is 3.54. The van der Waals surface area contributed by atoms with Crippen molar-refractivity contribution >= 4 is 23.4 Å². The summed E-state index contributed by atoms with van der Waals surface area (Å²) in [6, 6.07) is 8.59. The SMILES string of the molecule is Cc1ccc(CC2CC[C@H](CCl)[C@@H]2O)cc1.Cln1cncn1. The van der Waals surface area contributed by atoms with E-state index in [0.29, 0.717) is 17.7 Å². The smallest absolute Gasteiger partial charge is 0.139 e. The lowest BCUT2D eigenvalue weighted by molar-refractivity contribution is 0.0991. The van der Waals surface area contributed by atoms with Crippen LogP contribution < -0.4 is 0 Å². The van der Waals surface area contributed by atoms with E-state index in [1.165, 1.54) is 23.8 Å². The maximum atomic E-state index is 10.1. The molecule has 1 saturated carbocycles. The van der Waals surface area contributed by atoms with Gasteiger partial charge in [-0.3, -0.25) is 0 Å². The molecule has 0 saturated heterocycles. The second kappa shape index (κ2) is 8.51. The Hall–Kier alpha value is -1.10. The summed E-state index contributed by atoms with van der Waals surface area (Å²) in [5, 5.41) is 13.6. The molecule has 0 aliphatic heterocycles. The third-order valence-corrected chi connectivity index (χ3v) is 4.65. The molecule has 3 rings (SSSR count). The van der Waals surface area contributed by atoms with Gasteiger partial charge in [-0.15, -0.1) is 16.7 Å². The van der Waals surface area contributed by atoms with E-state index < -0.39 is 0 Å². The minimum absolute atomic E-state index is 0.209. The highest BCUT2D eigenvalue weighted by Crippen LogP contribution is 2.34. The molecule has 2 aromatic rings. The third-order valence-electron chi connectivity index (χ3n) is 4.08.